The molecule has 0 bridgehead atoms. The Morgan fingerprint density at radius 2 is 2.06 bits per heavy atom. The maximum absolute atomic E-state index is 13.5. The van der Waals surface area contributed by atoms with Crippen LogP contribution in [0.5, 0.6) is 5.75 Å². The zero-order chi connectivity index (χ0) is 23.9. The van der Waals surface area contributed by atoms with E-state index in [1.807, 2.05) is 7.05 Å². The normalized spacial score (nSPS) is 29.2. The summed E-state index contributed by atoms with van der Waals surface area (Å²) in [6, 6.07) is 1.47. The van der Waals surface area contributed by atoms with Crippen molar-refractivity contribution in [2.45, 2.75) is 63.2 Å². The van der Waals surface area contributed by atoms with Crippen molar-refractivity contribution in [1.82, 2.24) is 19.8 Å². The third-order valence-electron chi connectivity index (χ3n) is 8.09. The number of nitrogens with zero attached hydrogens (tertiary/aromatic N) is 4. The van der Waals surface area contributed by atoms with Crippen molar-refractivity contribution in [2.75, 3.05) is 26.2 Å². The molecule has 1 aliphatic heterocycles. The molecule has 2 atom stereocenters. The lowest BCUT2D eigenvalue weighted by atomic mass is 9.78. The van der Waals surface area contributed by atoms with E-state index < -0.39 is 5.92 Å². The Morgan fingerprint density at radius 1 is 1.29 bits per heavy atom. The summed E-state index contributed by atoms with van der Waals surface area (Å²) >= 11 is 0. The number of carbonyl (C=O) groups excluding carboxylic acids is 1. The molecule has 34 heavy (non-hydrogen) atoms. The zero-order valence-electron chi connectivity index (χ0n) is 20.0. The Hall–Kier alpha value is -2.29. The van der Waals surface area contributed by atoms with Crippen LogP contribution >= 0.6 is 0 Å². The smallest absolute Gasteiger partial charge is 0.304 e. The molecular formula is C25H34F2N4O3. The lowest BCUT2D eigenvalue weighted by Gasteiger charge is -2.30. The van der Waals surface area contributed by atoms with Gasteiger partial charge in [0.15, 0.2) is 11.5 Å². The molecule has 3 aliphatic rings. The van der Waals surface area contributed by atoms with Crippen LogP contribution in [0, 0.1) is 17.8 Å². The van der Waals surface area contributed by atoms with E-state index in [4.69, 9.17) is 9.26 Å². The van der Waals surface area contributed by atoms with E-state index >= 15 is 0 Å². The second-order valence-electron chi connectivity index (χ2n) is 10.8. The predicted octanol–water partition coefficient (Wildman–Crippen LogP) is 4.33. The van der Waals surface area contributed by atoms with Gasteiger partial charge in [-0.25, -0.2) is 0 Å². The number of hydrogen-bond acceptors (Lipinski definition) is 6. The fourth-order valence-corrected chi connectivity index (χ4v) is 5.98. The van der Waals surface area contributed by atoms with Gasteiger partial charge in [-0.2, -0.15) is 13.9 Å². The van der Waals surface area contributed by atoms with Gasteiger partial charge < -0.3 is 14.2 Å². The van der Waals surface area contributed by atoms with E-state index in [1.54, 1.807) is 17.1 Å². The highest BCUT2D eigenvalue weighted by atomic mass is 19.3. The summed E-state index contributed by atoms with van der Waals surface area (Å²) in [6.07, 6.45) is 10.7. The van der Waals surface area contributed by atoms with Crippen molar-refractivity contribution in [3.05, 3.63) is 29.9 Å². The minimum atomic E-state index is -2.99. The van der Waals surface area contributed by atoms with Crippen molar-refractivity contribution in [3.8, 4) is 5.75 Å². The number of hydrogen-bond donors (Lipinski definition) is 0. The van der Waals surface area contributed by atoms with E-state index in [0.717, 1.165) is 52.2 Å². The SMILES string of the molecule is Cn1cc(OCC(=O)CC2CCC(CCN3C[C@@H]4C[C@]4(c4cc(C(C)(F)F)on4)C3)CC2)cn1. The minimum absolute atomic E-state index is 0.0805. The Labute approximate surface area is 198 Å². The minimum Gasteiger partial charge on any atom is -0.483 e. The summed E-state index contributed by atoms with van der Waals surface area (Å²) < 4.78 is 39.2. The Balaban J connectivity index is 1.01. The first-order valence-corrected chi connectivity index (χ1v) is 12.4. The number of rotatable bonds is 10. The van der Waals surface area contributed by atoms with Gasteiger partial charge in [-0.3, -0.25) is 9.48 Å². The van der Waals surface area contributed by atoms with Gasteiger partial charge in [0, 0.05) is 45.0 Å². The Kier molecular flexibility index (Phi) is 6.25. The molecule has 0 spiro atoms. The second kappa shape index (κ2) is 9.06. The average molecular weight is 477 g/mol. The molecule has 0 amide bonds. The molecule has 2 saturated carbocycles. The number of aromatic nitrogens is 3. The summed E-state index contributed by atoms with van der Waals surface area (Å²) in [5, 5.41) is 8.05. The van der Waals surface area contributed by atoms with Crippen LogP contribution in [0.3, 0.4) is 0 Å². The van der Waals surface area contributed by atoms with E-state index in [0.29, 0.717) is 35.6 Å². The first-order chi connectivity index (χ1) is 16.2. The van der Waals surface area contributed by atoms with Gasteiger partial charge in [0.05, 0.1) is 18.1 Å². The van der Waals surface area contributed by atoms with E-state index in [-0.39, 0.29) is 23.6 Å². The lowest BCUT2D eigenvalue weighted by Crippen LogP contribution is -2.29. The largest absolute Gasteiger partial charge is 0.483 e. The van der Waals surface area contributed by atoms with Crippen molar-refractivity contribution in [3.63, 3.8) is 0 Å². The van der Waals surface area contributed by atoms with Gasteiger partial charge in [-0.1, -0.05) is 18.0 Å². The molecule has 3 fully saturated rings. The van der Waals surface area contributed by atoms with E-state index in [9.17, 15) is 13.6 Å². The van der Waals surface area contributed by atoms with Crippen LogP contribution in [0.25, 0.3) is 0 Å². The number of Topliss-reactive ketones (excluding diaryl/α,β-unsaturated/α-hetero) is 1. The number of carbonyl (C=O) groups is 1. The number of likely N-dealkylation sites (tertiary alicyclic amines) is 1. The number of halogens is 2. The third kappa shape index (κ3) is 5.04. The van der Waals surface area contributed by atoms with Gasteiger partial charge in [-0.05, 0) is 50.0 Å². The Morgan fingerprint density at radius 3 is 2.74 bits per heavy atom. The molecule has 7 nitrogen and oxygen atoms in total. The van der Waals surface area contributed by atoms with Crippen molar-refractivity contribution in [2.24, 2.45) is 24.8 Å². The molecule has 2 aliphatic carbocycles. The predicted molar refractivity (Wildman–Crippen MR) is 121 cm³/mol. The molecule has 0 N–H and O–H groups in total. The summed E-state index contributed by atoms with van der Waals surface area (Å²) in [4.78, 5) is 14.8. The molecule has 2 aromatic rings. The van der Waals surface area contributed by atoms with Crippen LogP contribution in [0.4, 0.5) is 8.78 Å². The first-order valence-electron chi connectivity index (χ1n) is 12.4. The van der Waals surface area contributed by atoms with E-state index in [1.165, 1.54) is 18.9 Å². The fourth-order valence-electron chi connectivity index (χ4n) is 5.98. The maximum Gasteiger partial charge on any atom is 0.304 e. The molecule has 186 valence electrons. The zero-order valence-corrected chi connectivity index (χ0v) is 20.0. The standard InChI is InChI=1S/C25H34F2N4O3/c1-24(26,27)23-10-22(29-34-23)25-11-19(25)13-31(16-25)8-7-17-3-5-18(6-4-17)9-20(32)15-33-21-12-28-30(2)14-21/h10,12,14,17-19H,3-9,11,13,15-16H2,1-2H3/t17?,18?,19-,25-/m0/s1. The molecule has 0 unspecified atom stereocenters. The molecule has 0 aromatic carbocycles. The van der Waals surface area contributed by atoms with Gasteiger partial charge in [0.25, 0.3) is 0 Å². The number of fused-ring (bicyclic) bond motifs is 1. The number of ketones is 1. The lowest BCUT2D eigenvalue weighted by molar-refractivity contribution is -0.122. The third-order valence-corrected chi connectivity index (χ3v) is 8.09. The van der Waals surface area contributed by atoms with Gasteiger partial charge in [0.1, 0.15) is 6.61 Å². The van der Waals surface area contributed by atoms with Gasteiger partial charge in [-0.15, -0.1) is 0 Å². The van der Waals surface area contributed by atoms with Gasteiger partial charge >= 0.3 is 5.92 Å². The van der Waals surface area contributed by atoms with Crippen molar-refractivity contribution >= 4 is 5.78 Å². The molecule has 3 heterocycles. The summed E-state index contributed by atoms with van der Waals surface area (Å²) in [5.41, 5.74) is 0.623. The van der Waals surface area contributed by atoms with Crippen LogP contribution in [0.2, 0.25) is 0 Å². The highest BCUT2D eigenvalue weighted by Gasteiger charge is 2.62. The molecule has 2 aromatic heterocycles. The topological polar surface area (TPSA) is 73.4 Å². The quantitative estimate of drug-likeness (QED) is 0.508. The molecule has 9 heteroatoms. The monoisotopic (exact) mass is 476 g/mol. The van der Waals surface area contributed by atoms with Crippen LogP contribution in [0.1, 0.15) is 63.3 Å². The summed E-state index contributed by atoms with van der Waals surface area (Å²) in [6.45, 7) is 3.92. The molecule has 0 radical (unpaired) electrons. The molecule has 5 rings (SSSR count). The number of piperidine rings is 1. The summed E-state index contributed by atoms with van der Waals surface area (Å²) in [7, 11) is 1.82. The first kappa shape index (κ1) is 23.5. The van der Waals surface area contributed by atoms with Crippen LogP contribution < -0.4 is 4.74 Å². The van der Waals surface area contributed by atoms with Crippen LogP contribution in [0.15, 0.2) is 23.0 Å². The number of ether oxygens (including phenoxy) is 1. The van der Waals surface area contributed by atoms with Crippen LogP contribution in [-0.2, 0) is 23.2 Å². The van der Waals surface area contributed by atoms with Crippen molar-refractivity contribution < 1.29 is 22.8 Å². The molecular weight excluding hydrogens is 442 g/mol. The maximum atomic E-state index is 13.5. The number of alkyl halides is 2. The number of aryl methyl sites for hydroxylation is 1. The summed E-state index contributed by atoms with van der Waals surface area (Å²) in [5.74, 6) is -0.865. The average Bonchev–Trinajstić information content (AvgIpc) is 3.21. The highest BCUT2D eigenvalue weighted by molar-refractivity contribution is 5.80. The second-order valence-corrected chi connectivity index (χ2v) is 10.8. The van der Waals surface area contributed by atoms with E-state index in [2.05, 4.69) is 15.2 Å². The fraction of sp³-hybridized carbons (Fsp3) is 0.720. The van der Waals surface area contributed by atoms with Gasteiger partial charge in [0.2, 0.25) is 5.76 Å². The Bertz CT molecular complexity index is 1010. The molecule has 1 saturated heterocycles. The highest BCUT2D eigenvalue weighted by Crippen LogP contribution is 2.59. The van der Waals surface area contributed by atoms with Crippen molar-refractivity contribution in [1.29, 1.82) is 0 Å². The van der Waals surface area contributed by atoms with Crippen LogP contribution in [-0.4, -0.2) is 51.9 Å².